The molecule has 1 saturated carbocycles. The third-order valence-electron chi connectivity index (χ3n) is 7.06. The van der Waals surface area contributed by atoms with Crippen molar-refractivity contribution in [2.45, 2.75) is 30.2 Å². The van der Waals surface area contributed by atoms with Crippen molar-refractivity contribution in [1.29, 1.82) is 0 Å². The van der Waals surface area contributed by atoms with Crippen molar-refractivity contribution in [3.63, 3.8) is 0 Å². The maximum Gasteiger partial charge on any atom is 0.283 e. The third-order valence-corrected chi connectivity index (χ3v) is 8.96. The number of ketones is 1. The molecule has 0 bridgehead atoms. The number of rotatable bonds is 5. The van der Waals surface area contributed by atoms with E-state index in [1.807, 2.05) is 9.80 Å². The fraction of sp³-hybridized carbons (Fsp3) is 0.280. The average molecular weight is 559 g/mol. The molecule has 6 rings (SSSR count). The number of hydrogen-bond donors (Lipinski definition) is 0. The second-order valence-electron chi connectivity index (χ2n) is 9.53. The minimum atomic E-state index is -4.26. The van der Waals surface area contributed by atoms with Gasteiger partial charge in [-0.15, -0.1) is 5.10 Å². The van der Waals surface area contributed by atoms with Gasteiger partial charge in [-0.2, -0.15) is 12.5 Å². The smallest absolute Gasteiger partial charge is 0.283 e. The lowest BCUT2D eigenvalue weighted by molar-refractivity contribution is 0.101. The van der Waals surface area contributed by atoms with Crippen molar-refractivity contribution in [3.8, 4) is 0 Å². The average Bonchev–Trinajstić information content (AvgIpc) is 3.53. The number of anilines is 2. The van der Waals surface area contributed by atoms with Gasteiger partial charge in [0.25, 0.3) is 10.0 Å². The number of aromatic nitrogens is 4. The number of hydrogen-bond acceptors (Lipinski definition) is 8. The van der Waals surface area contributed by atoms with Gasteiger partial charge >= 0.3 is 0 Å². The fourth-order valence-electron chi connectivity index (χ4n) is 4.98. The number of benzene rings is 2. The van der Waals surface area contributed by atoms with E-state index in [0.717, 1.165) is 41.5 Å². The summed E-state index contributed by atoms with van der Waals surface area (Å²) in [6.07, 6.45) is 3.84. The van der Waals surface area contributed by atoms with Crippen molar-refractivity contribution in [3.05, 3.63) is 71.0 Å². The zero-order valence-electron chi connectivity index (χ0n) is 20.1. The van der Waals surface area contributed by atoms with Crippen molar-refractivity contribution in [2.24, 2.45) is 0 Å². The first-order valence-corrected chi connectivity index (χ1v) is 13.7. The van der Waals surface area contributed by atoms with Crippen LogP contribution in [-0.2, 0) is 10.0 Å². The molecule has 1 saturated heterocycles. The van der Waals surface area contributed by atoms with Gasteiger partial charge in [0, 0.05) is 31.3 Å². The van der Waals surface area contributed by atoms with E-state index in [1.54, 1.807) is 0 Å². The molecule has 3 heterocycles. The van der Waals surface area contributed by atoms with Crippen LogP contribution in [0.4, 0.5) is 20.5 Å². The summed E-state index contributed by atoms with van der Waals surface area (Å²) in [4.78, 5) is 23.7. The van der Waals surface area contributed by atoms with Crippen LogP contribution >= 0.6 is 11.6 Å². The summed E-state index contributed by atoms with van der Waals surface area (Å²) in [5, 5.41) is 4.88. The molecule has 9 nitrogen and oxygen atoms in total. The summed E-state index contributed by atoms with van der Waals surface area (Å²) < 4.78 is 55.9. The van der Waals surface area contributed by atoms with Gasteiger partial charge in [0.15, 0.2) is 17.4 Å². The molecule has 2 aromatic heterocycles. The largest absolute Gasteiger partial charge is 0.345 e. The van der Waals surface area contributed by atoms with Crippen molar-refractivity contribution >= 4 is 50.1 Å². The first-order valence-electron chi connectivity index (χ1n) is 11.8. The molecule has 1 spiro atoms. The number of halogens is 3. The van der Waals surface area contributed by atoms with Crippen LogP contribution in [0.15, 0.2) is 53.7 Å². The second kappa shape index (κ2) is 8.70. The van der Waals surface area contributed by atoms with Crippen LogP contribution in [0, 0.1) is 11.6 Å². The number of fused-ring (bicyclic) bond motifs is 1. The molecule has 4 aromatic rings. The highest BCUT2D eigenvalue weighted by atomic mass is 35.5. The second-order valence-corrected chi connectivity index (χ2v) is 11.7. The Hall–Kier alpha value is -3.64. The van der Waals surface area contributed by atoms with Crippen LogP contribution < -0.4 is 9.80 Å². The summed E-state index contributed by atoms with van der Waals surface area (Å²) >= 11 is 6.49. The predicted octanol–water partition coefficient (Wildman–Crippen LogP) is 4.06. The lowest BCUT2D eigenvalue weighted by Gasteiger charge is -2.42. The lowest BCUT2D eigenvalue weighted by Crippen LogP contribution is -2.56. The van der Waals surface area contributed by atoms with Crippen molar-refractivity contribution in [2.75, 3.05) is 29.4 Å². The molecule has 196 valence electrons. The molecule has 0 N–H and O–H groups in total. The highest BCUT2D eigenvalue weighted by Crippen LogP contribution is 2.49. The van der Waals surface area contributed by atoms with Gasteiger partial charge < -0.3 is 9.80 Å². The molecular weight excluding hydrogens is 538 g/mol. The van der Waals surface area contributed by atoms with E-state index in [2.05, 4.69) is 15.1 Å². The predicted molar refractivity (Wildman–Crippen MR) is 137 cm³/mol. The van der Waals surface area contributed by atoms with Gasteiger partial charge in [-0.3, -0.25) is 4.79 Å². The maximum atomic E-state index is 14.5. The molecular formula is C25H21ClF2N6O3S. The van der Waals surface area contributed by atoms with E-state index in [0.29, 0.717) is 42.4 Å². The monoisotopic (exact) mass is 558 g/mol. The van der Waals surface area contributed by atoms with Crippen LogP contribution in [-0.4, -0.2) is 58.5 Å². The van der Waals surface area contributed by atoms with Gasteiger partial charge in [0.1, 0.15) is 5.82 Å². The molecule has 2 fully saturated rings. The summed E-state index contributed by atoms with van der Waals surface area (Å²) in [7, 11) is -4.26. The van der Waals surface area contributed by atoms with Gasteiger partial charge in [0.2, 0.25) is 5.95 Å². The van der Waals surface area contributed by atoms with E-state index in [-0.39, 0.29) is 26.8 Å². The molecule has 0 unspecified atom stereocenters. The highest BCUT2D eigenvalue weighted by Gasteiger charge is 2.53. The van der Waals surface area contributed by atoms with E-state index in [4.69, 9.17) is 11.6 Å². The molecule has 2 aromatic carbocycles. The maximum absolute atomic E-state index is 14.5. The Balaban J connectivity index is 1.43. The standard InChI is InChI=1S/C25H21ClF2N6O3S/c1-15(35)16-2-4-19(5-3-16)38(36,37)34-21-11-17(27)10-20(26)22(21)23(31-34)33-9-8-32(14-25(33)6-7-25)24-29-12-18(28)13-30-24/h2-5,10-13H,6-9,14H2,1H3. The summed E-state index contributed by atoms with van der Waals surface area (Å²) in [6.45, 7) is 2.82. The Bertz CT molecular complexity index is 1690. The van der Waals surface area contributed by atoms with Crippen molar-refractivity contribution < 1.29 is 22.0 Å². The number of piperazine rings is 1. The first-order chi connectivity index (χ1) is 18.1. The number of nitrogens with zero attached hydrogens (tertiary/aromatic N) is 6. The quantitative estimate of drug-likeness (QED) is 0.338. The summed E-state index contributed by atoms with van der Waals surface area (Å²) in [6, 6.07) is 7.72. The fourth-order valence-corrected chi connectivity index (χ4v) is 6.53. The minimum Gasteiger partial charge on any atom is -0.345 e. The molecule has 2 aliphatic rings. The van der Waals surface area contributed by atoms with Crippen LogP contribution in [0.2, 0.25) is 5.02 Å². The molecule has 0 amide bonds. The van der Waals surface area contributed by atoms with Gasteiger partial charge in [-0.25, -0.2) is 18.7 Å². The third kappa shape index (κ3) is 3.99. The Kier molecular flexibility index (Phi) is 5.65. The van der Waals surface area contributed by atoms with E-state index < -0.39 is 21.7 Å². The zero-order chi connectivity index (χ0) is 26.8. The van der Waals surface area contributed by atoms with E-state index in [9.17, 15) is 22.0 Å². The molecule has 1 aliphatic heterocycles. The summed E-state index contributed by atoms with van der Waals surface area (Å²) in [5.41, 5.74) is -0.00400. The van der Waals surface area contributed by atoms with Crippen LogP contribution in [0.3, 0.4) is 0 Å². The number of carbonyl (C=O) groups is 1. The normalized spacial score (nSPS) is 16.8. The SMILES string of the molecule is CC(=O)c1ccc(S(=O)(=O)n2nc(N3CCN(c4ncc(F)cn4)CC34CC4)c3c(Cl)cc(F)cc32)cc1. The molecule has 13 heteroatoms. The molecule has 38 heavy (non-hydrogen) atoms. The Morgan fingerprint density at radius 3 is 2.34 bits per heavy atom. The Morgan fingerprint density at radius 1 is 1.03 bits per heavy atom. The van der Waals surface area contributed by atoms with E-state index >= 15 is 0 Å². The number of Topliss-reactive ketones (excluding diaryl/α,β-unsaturated/α-hetero) is 1. The van der Waals surface area contributed by atoms with Crippen LogP contribution in [0.5, 0.6) is 0 Å². The molecule has 0 radical (unpaired) electrons. The van der Waals surface area contributed by atoms with Gasteiger partial charge in [0.05, 0.1) is 38.8 Å². The lowest BCUT2D eigenvalue weighted by atomic mass is 10.1. The summed E-state index contributed by atoms with van der Waals surface area (Å²) in [5.74, 6) is -0.675. The van der Waals surface area contributed by atoms with Gasteiger partial charge in [-0.05, 0) is 38.0 Å². The topological polar surface area (TPSA) is 101 Å². The zero-order valence-corrected chi connectivity index (χ0v) is 21.7. The Morgan fingerprint density at radius 2 is 1.71 bits per heavy atom. The Labute approximate surface area is 221 Å². The van der Waals surface area contributed by atoms with Gasteiger partial charge in [-0.1, -0.05) is 23.7 Å². The minimum absolute atomic E-state index is 0.0146. The molecule has 1 aliphatic carbocycles. The molecule has 0 atom stereocenters. The van der Waals surface area contributed by atoms with Crippen molar-refractivity contribution in [1.82, 2.24) is 19.2 Å². The highest BCUT2D eigenvalue weighted by molar-refractivity contribution is 7.90. The van der Waals surface area contributed by atoms with Crippen LogP contribution in [0.1, 0.15) is 30.1 Å². The van der Waals surface area contributed by atoms with Crippen LogP contribution in [0.25, 0.3) is 10.9 Å². The number of carbonyl (C=O) groups excluding carboxylic acids is 1. The van der Waals surface area contributed by atoms with E-state index in [1.165, 1.54) is 31.2 Å². The first kappa shape index (κ1) is 24.7.